The highest BCUT2D eigenvalue weighted by atomic mass is 16.4. The molecule has 3 unspecified atom stereocenters. The number of fused-ring (bicyclic) bond motifs is 1. The summed E-state index contributed by atoms with van der Waals surface area (Å²) in [5, 5.41) is 16.4. The molecule has 1 N–H and O–H groups in total. The van der Waals surface area contributed by atoms with Crippen molar-refractivity contribution in [1.82, 2.24) is 20.0 Å². The fourth-order valence-electron chi connectivity index (χ4n) is 3.73. The Morgan fingerprint density at radius 3 is 2.72 bits per heavy atom. The number of nitrogens with zero attached hydrogens (tertiary/aromatic N) is 5. The second-order valence-corrected chi connectivity index (χ2v) is 6.96. The number of amides is 1. The Labute approximate surface area is 144 Å². The first-order chi connectivity index (χ1) is 11.9. The topological polar surface area (TPSA) is 101 Å². The van der Waals surface area contributed by atoms with Crippen LogP contribution in [0.2, 0.25) is 0 Å². The van der Waals surface area contributed by atoms with E-state index in [1.165, 1.54) is 10.9 Å². The van der Waals surface area contributed by atoms with Gasteiger partial charge in [-0.25, -0.2) is 14.5 Å². The Bertz CT molecular complexity index is 890. The van der Waals surface area contributed by atoms with Gasteiger partial charge in [0, 0.05) is 18.7 Å². The van der Waals surface area contributed by atoms with Gasteiger partial charge in [0.2, 0.25) is 5.91 Å². The number of carbonyl (C=O) groups is 2. The average Bonchev–Trinajstić information content (AvgIpc) is 2.91. The fraction of sp³-hybridized carbons (Fsp3) is 0.471. The fourth-order valence-corrected chi connectivity index (χ4v) is 3.73. The number of pyridine rings is 1. The molecule has 0 bridgehead atoms. The highest BCUT2D eigenvalue weighted by Gasteiger charge is 2.59. The molecule has 1 amide bonds. The lowest BCUT2D eigenvalue weighted by Crippen LogP contribution is -2.31. The molecule has 130 valence electrons. The predicted molar refractivity (Wildman–Crippen MR) is 88.3 cm³/mol. The summed E-state index contributed by atoms with van der Waals surface area (Å²) in [7, 11) is 0. The maximum absolute atomic E-state index is 12.5. The third kappa shape index (κ3) is 2.40. The van der Waals surface area contributed by atoms with E-state index < -0.39 is 5.97 Å². The van der Waals surface area contributed by atoms with Gasteiger partial charge in [0.1, 0.15) is 5.82 Å². The summed E-state index contributed by atoms with van der Waals surface area (Å²) in [4.78, 5) is 29.7. The van der Waals surface area contributed by atoms with E-state index >= 15 is 0 Å². The molecule has 0 aromatic carbocycles. The number of carboxylic acid groups (broad SMARTS) is 1. The maximum Gasteiger partial charge on any atom is 0.358 e. The van der Waals surface area contributed by atoms with E-state index in [2.05, 4.69) is 22.2 Å². The Morgan fingerprint density at radius 2 is 2.12 bits per heavy atom. The SMILES string of the molecule is Cc1c(Cn2cc(C(=O)O)nn2)cnc(N2CC3C(C)C3C2=O)c1C. The average molecular weight is 341 g/mol. The van der Waals surface area contributed by atoms with E-state index in [1.807, 2.05) is 13.8 Å². The third-order valence-electron chi connectivity index (χ3n) is 5.57. The first-order valence-electron chi connectivity index (χ1n) is 8.28. The zero-order valence-corrected chi connectivity index (χ0v) is 14.3. The van der Waals surface area contributed by atoms with E-state index in [9.17, 15) is 9.59 Å². The van der Waals surface area contributed by atoms with E-state index in [0.717, 1.165) is 29.1 Å². The van der Waals surface area contributed by atoms with Crippen LogP contribution in [0.25, 0.3) is 0 Å². The van der Waals surface area contributed by atoms with Crippen LogP contribution in [0.5, 0.6) is 0 Å². The number of hydrogen-bond donors (Lipinski definition) is 1. The zero-order valence-electron chi connectivity index (χ0n) is 14.3. The van der Waals surface area contributed by atoms with Gasteiger partial charge in [-0.2, -0.15) is 0 Å². The number of hydrogen-bond acceptors (Lipinski definition) is 5. The van der Waals surface area contributed by atoms with E-state index in [1.54, 1.807) is 11.1 Å². The predicted octanol–water partition coefficient (Wildman–Crippen LogP) is 1.27. The molecule has 1 aliphatic carbocycles. The van der Waals surface area contributed by atoms with Crippen LogP contribution < -0.4 is 4.90 Å². The Balaban J connectivity index is 1.58. The quantitative estimate of drug-likeness (QED) is 0.898. The van der Waals surface area contributed by atoms with Crippen molar-refractivity contribution in [2.75, 3.05) is 11.4 Å². The van der Waals surface area contributed by atoms with Gasteiger partial charge in [-0.15, -0.1) is 5.10 Å². The van der Waals surface area contributed by atoms with Gasteiger partial charge in [0.15, 0.2) is 5.69 Å². The highest BCUT2D eigenvalue weighted by molar-refractivity contribution is 6.00. The number of piperidine rings is 1. The summed E-state index contributed by atoms with van der Waals surface area (Å²) >= 11 is 0. The van der Waals surface area contributed by atoms with Crippen LogP contribution >= 0.6 is 0 Å². The van der Waals surface area contributed by atoms with Crippen molar-refractivity contribution in [1.29, 1.82) is 0 Å². The molecule has 25 heavy (non-hydrogen) atoms. The molecule has 4 rings (SSSR count). The largest absolute Gasteiger partial charge is 0.476 e. The van der Waals surface area contributed by atoms with Crippen molar-refractivity contribution in [3.63, 3.8) is 0 Å². The molecule has 0 radical (unpaired) electrons. The number of anilines is 1. The van der Waals surface area contributed by atoms with Crippen molar-refractivity contribution < 1.29 is 14.7 Å². The van der Waals surface area contributed by atoms with Crippen molar-refractivity contribution in [3.05, 3.63) is 34.8 Å². The van der Waals surface area contributed by atoms with Crippen LogP contribution in [-0.4, -0.2) is 43.5 Å². The summed E-state index contributed by atoms with van der Waals surface area (Å²) in [5.41, 5.74) is 2.83. The second-order valence-electron chi connectivity index (χ2n) is 6.96. The monoisotopic (exact) mass is 341 g/mol. The van der Waals surface area contributed by atoms with Crippen LogP contribution in [0.15, 0.2) is 12.4 Å². The smallest absolute Gasteiger partial charge is 0.358 e. The molecule has 0 spiro atoms. The summed E-state index contributed by atoms with van der Waals surface area (Å²) in [5.74, 6) is 0.954. The number of aromatic nitrogens is 4. The first-order valence-corrected chi connectivity index (χ1v) is 8.28. The van der Waals surface area contributed by atoms with Crippen LogP contribution in [0.3, 0.4) is 0 Å². The summed E-state index contributed by atoms with van der Waals surface area (Å²) < 4.78 is 1.48. The van der Waals surface area contributed by atoms with Gasteiger partial charge in [-0.3, -0.25) is 9.69 Å². The molecule has 3 atom stereocenters. The van der Waals surface area contributed by atoms with Crippen LogP contribution in [-0.2, 0) is 11.3 Å². The molecule has 8 nitrogen and oxygen atoms in total. The minimum atomic E-state index is -1.10. The minimum absolute atomic E-state index is 0.0880. The van der Waals surface area contributed by atoms with Gasteiger partial charge in [0.25, 0.3) is 0 Å². The van der Waals surface area contributed by atoms with E-state index in [-0.39, 0.29) is 17.5 Å². The van der Waals surface area contributed by atoms with Gasteiger partial charge >= 0.3 is 5.97 Å². The van der Waals surface area contributed by atoms with Crippen molar-refractivity contribution in [2.24, 2.45) is 17.8 Å². The molecule has 8 heteroatoms. The zero-order chi connectivity index (χ0) is 17.9. The number of carboxylic acids is 1. The number of carbonyl (C=O) groups excluding carboxylic acids is 1. The maximum atomic E-state index is 12.5. The van der Waals surface area contributed by atoms with Crippen LogP contribution in [0.4, 0.5) is 5.82 Å². The second kappa shape index (κ2) is 5.37. The lowest BCUT2D eigenvalue weighted by atomic mass is 10.1. The van der Waals surface area contributed by atoms with Gasteiger partial charge < -0.3 is 5.11 Å². The molecule has 1 saturated heterocycles. The lowest BCUT2D eigenvalue weighted by Gasteiger charge is -2.22. The molecule has 2 aromatic heterocycles. The Kier molecular flexibility index (Phi) is 3.38. The van der Waals surface area contributed by atoms with Gasteiger partial charge in [0.05, 0.1) is 12.7 Å². The lowest BCUT2D eigenvalue weighted by molar-refractivity contribution is -0.119. The third-order valence-corrected chi connectivity index (χ3v) is 5.57. The van der Waals surface area contributed by atoms with E-state index in [0.29, 0.717) is 18.4 Å². The summed E-state index contributed by atoms with van der Waals surface area (Å²) in [6.07, 6.45) is 3.13. The molecule has 3 heterocycles. The standard InChI is InChI=1S/C17H19N5O3/c1-8-9(2)15(22-6-12-10(3)14(12)16(22)23)18-4-11(8)5-21-7-13(17(24)25)19-20-21/h4,7,10,12,14H,5-6H2,1-3H3,(H,24,25). The Morgan fingerprint density at radius 1 is 1.36 bits per heavy atom. The van der Waals surface area contributed by atoms with Crippen LogP contribution in [0.1, 0.15) is 34.1 Å². The molecular formula is C17H19N5O3. The van der Waals surface area contributed by atoms with Gasteiger partial charge in [-0.1, -0.05) is 12.1 Å². The van der Waals surface area contributed by atoms with Crippen LogP contribution in [0, 0.1) is 31.6 Å². The molecular weight excluding hydrogens is 322 g/mol. The number of aromatic carboxylic acids is 1. The molecule has 2 aliphatic rings. The normalized spacial score (nSPS) is 24.5. The van der Waals surface area contributed by atoms with Crippen molar-refractivity contribution >= 4 is 17.7 Å². The van der Waals surface area contributed by atoms with Crippen molar-refractivity contribution in [2.45, 2.75) is 27.3 Å². The van der Waals surface area contributed by atoms with E-state index in [4.69, 9.17) is 5.11 Å². The molecule has 2 aromatic rings. The Hall–Kier alpha value is -2.77. The first kappa shape index (κ1) is 15.7. The number of rotatable bonds is 4. The molecule has 1 aliphatic heterocycles. The minimum Gasteiger partial charge on any atom is -0.476 e. The van der Waals surface area contributed by atoms with Gasteiger partial charge in [-0.05, 0) is 42.4 Å². The van der Waals surface area contributed by atoms with Crippen molar-refractivity contribution in [3.8, 4) is 0 Å². The highest BCUT2D eigenvalue weighted by Crippen LogP contribution is 2.53. The molecule has 2 fully saturated rings. The molecule has 1 saturated carbocycles. The summed E-state index contributed by atoms with van der Waals surface area (Å²) in [6.45, 7) is 7.21. The summed E-state index contributed by atoms with van der Waals surface area (Å²) in [6, 6.07) is 0.